The second kappa shape index (κ2) is 8.06. The highest BCUT2D eigenvalue weighted by Gasteiger charge is 2.33. The fourth-order valence-corrected chi connectivity index (χ4v) is 5.33. The topological polar surface area (TPSA) is 60.9 Å². The lowest BCUT2D eigenvalue weighted by molar-refractivity contribution is -0.138. The Bertz CT molecular complexity index is 715. The van der Waals surface area contributed by atoms with Gasteiger partial charge in [-0.1, -0.05) is 25.1 Å². The second-order valence-electron chi connectivity index (χ2n) is 7.46. The maximum absolute atomic E-state index is 12.8. The van der Waals surface area contributed by atoms with Crippen molar-refractivity contribution in [2.45, 2.75) is 37.6 Å². The number of sulfonamides is 1. The van der Waals surface area contributed by atoms with E-state index in [0.29, 0.717) is 37.0 Å². The van der Waals surface area contributed by atoms with E-state index in [1.54, 1.807) is 30.3 Å². The molecule has 0 N–H and O–H groups in total. The van der Waals surface area contributed by atoms with Crippen molar-refractivity contribution in [3.05, 3.63) is 30.3 Å². The Labute approximate surface area is 156 Å². The fraction of sp³-hybridized carbons (Fsp3) is 0.632. The molecule has 0 aliphatic carbocycles. The van der Waals surface area contributed by atoms with Crippen molar-refractivity contribution in [2.75, 3.05) is 39.3 Å². The number of hydrogen-bond donors (Lipinski definition) is 0. The van der Waals surface area contributed by atoms with Gasteiger partial charge in [-0.3, -0.25) is 9.69 Å². The summed E-state index contributed by atoms with van der Waals surface area (Å²) in [5.74, 6) is 0.753. The average Bonchev–Trinajstić information content (AvgIpc) is 2.67. The van der Waals surface area contributed by atoms with Gasteiger partial charge in [0, 0.05) is 32.7 Å². The van der Waals surface area contributed by atoms with E-state index in [-0.39, 0.29) is 11.9 Å². The number of nitrogens with zero attached hydrogens (tertiary/aromatic N) is 3. The van der Waals surface area contributed by atoms with Gasteiger partial charge in [0.1, 0.15) is 0 Å². The summed E-state index contributed by atoms with van der Waals surface area (Å²) in [6.45, 7) is 7.77. The third kappa shape index (κ3) is 4.10. The SMILES string of the molecule is C[C@@H]1CCCN([C@@H](C)C(=O)N2CCN(S(=O)(=O)c3ccccc3)CC2)C1. The van der Waals surface area contributed by atoms with Crippen molar-refractivity contribution in [1.82, 2.24) is 14.1 Å². The normalized spacial score (nSPS) is 24.4. The largest absolute Gasteiger partial charge is 0.339 e. The highest BCUT2D eigenvalue weighted by molar-refractivity contribution is 7.89. The van der Waals surface area contributed by atoms with E-state index in [4.69, 9.17) is 0 Å². The zero-order chi connectivity index (χ0) is 18.7. The van der Waals surface area contributed by atoms with Crippen LogP contribution in [0.15, 0.2) is 35.2 Å². The summed E-state index contributed by atoms with van der Waals surface area (Å²) in [7, 11) is -3.47. The van der Waals surface area contributed by atoms with Crippen LogP contribution in [0.4, 0.5) is 0 Å². The molecule has 144 valence electrons. The first-order valence-electron chi connectivity index (χ1n) is 9.47. The lowest BCUT2D eigenvalue weighted by atomic mass is 9.98. The van der Waals surface area contributed by atoms with E-state index in [0.717, 1.165) is 19.5 Å². The first kappa shape index (κ1) is 19.3. The van der Waals surface area contributed by atoms with Gasteiger partial charge in [-0.25, -0.2) is 8.42 Å². The first-order chi connectivity index (χ1) is 12.4. The molecule has 0 bridgehead atoms. The highest BCUT2D eigenvalue weighted by atomic mass is 32.2. The molecule has 0 unspecified atom stereocenters. The van der Waals surface area contributed by atoms with Crippen molar-refractivity contribution < 1.29 is 13.2 Å². The van der Waals surface area contributed by atoms with Gasteiger partial charge in [0.25, 0.3) is 0 Å². The Kier molecular flexibility index (Phi) is 5.99. The lowest BCUT2D eigenvalue weighted by Gasteiger charge is -2.39. The van der Waals surface area contributed by atoms with Gasteiger partial charge in [0.15, 0.2) is 0 Å². The van der Waals surface area contributed by atoms with Gasteiger partial charge < -0.3 is 4.90 Å². The number of hydrogen-bond acceptors (Lipinski definition) is 4. The van der Waals surface area contributed by atoms with Crippen LogP contribution in [0.3, 0.4) is 0 Å². The van der Waals surface area contributed by atoms with E-state index in [1.807, 2.05) is 11.8 Å². The minimum Gasteiger partial charge on any atom is -0.339 e. The molecule has 7 heteroatoms. The molecule has 1 aromatic rings. The molecule has 2 fully saturated rings. The van der Waals surface area contributed by atoms with Crippen LogP contribution < -0.4 is 0 Å². The van der Waals surface area contributed by atoms with Crippen LogP contribution in [0.2, 0.25) is 0 Å². The quantitative estimate of drug-likeness (QED) is 0.798. The van der Waals surface area contributed by atoms with Crippen LogP contribution in [0.25, 0.3) is 0 Å². The Morgan fingerprint density at radius 3 is 2.35 bits per heavy atom. The number of amides is 1. The van der Waals surface area contributed by atoms with E-state index >= 15 is 0 Å². The zero-order valence-electron chi connectivity index (χ0n) is 15.7. The fourth-order valence-electron chi connectivity index (χ4n) is 3.89. The molecule has 6 nitrogen and oxygen atoms in total. The molecule has 2 heterocycles. The summed E-state index contributed by atoms with van der Waals surface area (Å²) in [6, 6.07) is 8.37. The number of piperazine rings is 1. The number of carbonyl (C=O) groups is 1. The monoisotopic (exact) mass is 379 g/mol. The second-order valence-corrected chi connectivity index (χ2v) is 9.40. The molecular formula is C19H29N3O3S. The molecule has 1 aromatic carbocycles. The van der Waals surface area contributed by atoms with Crippen LogP contribution in [-0.2, 0) is 14.8 Å². The van der Waals surface area contributed by atoms with Crippen molar-refractivity contribution in [3.8, 4) is 0 Å². The third-order valence-corrected chi connectivity index (χ3v) is 7.44. The summed E-state index contributed by atoms with van der Waals surface area (Å²) >= 11 is 0. The van der Waals surface area contributed by atoms with E-state index in [1.165, 1.54) is 10.7 Å². The number of benzene rings is 1. The number of carbonyl (C=O) groups excluding carboxylic acids is 1. The van der Waals surface area contributed by atoms with Crippen LogP contribution in [0, 0.1) is 5.92 Å². The van der Waals surface area contributed by atoms with Gasteiger partial charge in [-0.05, 0) is 44.4 Å². The van der Waals surface area contributed by atoms with E-state index in [2.05, 4.69) is 11.8 Å². The number of rotatable bonds is 4. The van der Waals surface area contributed by atoms with Gasteiger partial charge in [-0.15, -0.1) is 0 Å². The molecule has 0 aromatic heterocycles. The molecule has 1 amide bonds. The van der Waals surface area contributed by atoms with Crippen molar-refractivity contribution >= 4 is 15.9 Å². The summed E-state index contributed by atoms with van der Waals surface area (Å²) in [4.78, 5) is 17.2. The van der Waals surface area contributed by atoms with Crippen molar-refractivity contribution in [1.29, 1.82) is 0 Å². The summed E-state index contributed by atoms with van der Waals surface area (Å²) < 4.78 is 26.9. The van der Waals surface area contributed by atoms with Crippen molar-refractivity contribution in [3.63, 3.8) is 0 Å². The Morgan fingerprint density at radius 2 is 1.73 bits per heavy atom. The molecule has 2 aliphatic rings. The average molecular weight is 380 g/mol. The molecule has 26 heavy (non-hydrogen) atoms. The lowest BCUT2D eigenvalue weighted by Crippen LogP contribution is -2.56. The Morgan fingerprint density at radius 1 is 1.08 bits per heavy atom. The van der Waals surface area contributed by atoms with Gasteiger partial charge in [-0.2, -0.15) is 4.31 Å². The zero-order valence-corrected chi connectivity index (χ0v) is 16.5. The third-order valence-electron chi connectivity index (χ3n) is 5.52. The molecule has 3 rings (SSSR count). The number of likely N-dealkylation sites (tertiary alicyclic amines) is 1. The Hall–Kier alpha value is -1.44. The maximum atomic E-state index is 12.8. The molecule has 0 saturated carbocycles. The molecule has 2 atom stereocenters. The van der Waals surface area contributed by atoms with Crippen LogP contribution in [-0.4, -0.2) is 73.7 Å². The molecule has 0 spiro atoms. The summed E-state index contributed by atoms with van der Waals surface area (Å²) in [6.07, 6.45) is 2.37. The van der Waals surface area contributed by atoms with Crippen LogP contribution in [0.5, 0.6) is 0 Å². The molecule has 2 aliphatic heterocycles. The van der Waals surface area contributed by atoms with Crippen LogP contribution in [0.1, 0.15) is 26.7 Å². The first-order valence-corrected chi connectivity index (χ1v) is 10.9. The standard InChI is InChI=1S/C19H29N3O3S/c1-16-7-6-10-21(15-16)17(2)19(23)20-11-13-22(14-12-20)26(24,25)18-8-4-3-5-9-18/h3-5,8-9,16-17H,6-7,10-15H2,1-2H3/t16-,17+/m1/s1. The molecule has 0 radical (unpaired) electrons. The van der Waals surface area contributed by atoms with Gasteiger partial charge in [0.05, 0.1) is 10.9 Å². The van der Waals surface area contributed by atoms with Crippen LogP contribution >= 0.6 is 0 Å². The highest BCUT2D eigenvalue weighted by Crippen LogP contribution is 2.20. The molecule has 2 saturated heterocycles. The molecular weight excluding hydrogens is 350 g/mol. The van der Waals surface area contributed by atoms with E-state index < -0.39 is 10.0 Å². The van der Waals surface area contributed by atoms with Gasteiger partial charge in [0.2, 0.25) is 15.9 Å². The predicted octanol–water partition coefficient (Wildman–Crippen LogP) is 1.64. The number of piperidine rings is 1. The van der Waals surface area contributed by atoms with Crippen molar-refractivity contribution in [2.24, 2.45) is 5.92 Å². The summed E-state index contributed by atoms with van der Waals surface area (Å²) in [5.41, 5.74) is 0. The van der Waals surface area contributed by atoms with Gasteiger partial charge >= 0.3 is 0 Å². The minimum absolute atomic E-state index is 0.121. The Balaban J connectivity index is 1.59. The predicted molar refractivity (Wildman–Crippen MR) is 101 cm³/mol. The maximum Gasteiger partial charge on any atom is 0.243 e. The van der Waals surface area contributed by atoms with E-state index in [9.17, 15) is 13.2 Å². The smallest absolute Gasteiger partial charge is 0.243 e. The minimum atomic E-state index is -3.47. The summed E-state index contributed by atoms with van der Waals surface area (Å²) in [5, 5.41) is 0.